The highest BCUT2D eigenvalue weighted by Crippen LogP contribution is 2.34. The van der Waals surface area contributed by atoms with Gasteiger partial charge in [-0.2, -0.15) is 0 Å². The second-order valence-corrected chi connectivity index (χ2v) is 7.33. The van der Waals surface area contributed by atoms with Crippen molar-refractivity contribution in [3.63, 3.8) is 0 Å². The Morgan fingerprint density at radius 1 is 1.11 bits per heavy atom. The van der Waals surface area contributed by atoms with Gasteiger partial charge in [0.25, 0.3) is 0 Å². The van der Waals surface area contributed by atoms with Gasteiger partial charge in [-0.05, 0) is 36.0 Å². The Bertz CT molecular complexity index is 739. The molecule has 2 aromatic rings. The molecule has 1 amide bonds. The number of likely N-dealkylation sites (tertiary alicyclic amines) is 1. The molecule has 0 spiro atoms. The zero-order valence-electron chi connectivity index (χ0n) is 16.2. The predicted molar refractivity (Wildman–Crippen MR) is 111 cm³/mol. The molecular weight excluding hydrogens is 332 g/mol. The molecule has 1 aliphatic rings. The van der Waals surface area contributed by atoms with Crippen molar-refractivity contribution in [3.8, 4) is 0 Å². The van der Waals surface area contributed by atoms with Gasteiger partial charge >= 0.3 is 0 Å². The first kappa shape index (κ1) is 19.4. The van der Waals surface area contributed by atoms with E-state index in [-0.39, 0.29) is 11.8 Å². The van der Waals surface area contributed by atoms with Crippen molar-refractivity contribution in [1.82, 2.24) is 10.2 Å². The first-order valence-corrected chi connectivity index (χ1v) is 9.96. The summed E-state index contributed by atoms with van der Waals surface area (Å²) in [4.78, 5) is 15.0. The van der Waals surface area contributed by atoms with Gasteiger partial charge in [0.2, 0.25) is 5.91 Å². The third-order valence-corrected chi connectivity index (χ3v) is 5.48. The van der Waals surface area contributed by atoms with Crippen molar-refractivity contribution in [2.75, 3.05) is 13.1 Å². The normalized spacial score (nSPS) is 20.2. The second-order valence-electron chi connectivity index (χ2n) is 7.33. The van der Waals surface area contributed by atoms with Crippen LogP contribution in [-0.2, 0) is 17.8 Å². The monoisotopic (exact) mass is 362 g/mol. The van der Waals surface area contributed by atoms with Crippen molar-refractivity contribution in [2.45, 2.75) is 38.8 Å². The Hall–Kier alpha value is -2.39. The molecule has 2 aromatic carbocycles. The van der Waals surface area contributed by atoms with Crippen LogP contribution in [0, 0.1) is 5.92 Å². The minimum Gasteiger partial charge on any atom is -0.352 e. The minimum absolute atomic E-state index is 0.0415. The number of hydrogen-bond acceptors (Lipinski definition) is 2. The van der Waals surface area contributed by atoms with Crippen LogP contribution in [0.2, 0.25) is 0 Å². The predicted octanol–water partition coefficient (Wildman–Crippen LogP) is 4.50. The number of hydrogen-bond donors (Lipinski definition) is 1. The van der Waals surface area contributed by atoms with Crippen LogP contribution in [-0.4, -0.2) is 23.9 Å². The first-order valence-electron chi connectivity index (χ1n) is 9.96. The lowest BCUT2D eigenvalue weighted by molar-refractivity contribution is -0.127. The second kappa shape index (κ2) is 9.52. The standard InChI is InChI=1S/C24H30N2O/c1-3-16-25-24(27)22-14-15-23(21-12-10-19(4-2)11-13-21)26(18-22)17-20-8-6-5-7-9-20/h3,5-13,22-23H,1,4,14-18H2,2H3,(H,25,27)/t22-,23-/m1/s1. The first-order chi connectivity index (χ1) is 13.2. The van der Waals surface area contributed by atoms with Gasteiger partial charge in [0.15, 0.2) is 0 Å². The fourth-order valence-corrected chi connectivity index (χ4v) is 3.92. The number of benzene rings is 2. The molecule has 0 radical (unpaired) electrons. The molecule has 2 atom stereocenters. The van der Waals surface area contributed by atoms with Gasteiger partial charge < -0.3 is 5.32 Å². The van der Waals surface area contributed by atoms with Gasteiger partial charge in [-0.25, -0.2) is 0 Å². The molecule has 0 saturated carbocycles. The number of amides is 1. The van der Waals surface area contributed by atoms with Gasteiger partial charge in [-0.15, -0.1) is 6.58 Å². The summed E-state index contributed by atoms with van der Waals surface area (Å²) in [6, 6.07) is 19.9. The summed E-state index contributed by atoms with van der Waals surface area (Å²) in [7, 11) is 0. The van der Waals surface area contributed by atoms with Crippen LogP contribution in [0.5, 0.6) is 0 Å². The highest BCUT2D eigenvalue weighted by molar-refractivity contribution is 5.79. The molecule has 3 rings (SSSR count). The van der Waals surface area contributed by atoms with E-state index < -0.39 is 0 Å². The number of carbonyl (C=O) groups is 1. The van der Waals surface area contributed by atoms with Crippen molar-refractivity contribution >= 4 is 5.91 Å². The maximum absolute atomic E-state index is 12.5. The lowest BCUT2D eigenvalue weighted by Gasteiger charge is -2.39. The number of nitrogens with one attached hydrogen (secondary N) is 1. The van der Waals surface area contributed by atoms with E-state index in [0.29, 0.717) is 12.6 Å². The van der Waals surface area contributed by atoms with Gasteiger partial charge in [-0.3, -0.25) is 9.69 Å². The molecule has 1 aliphatic heterocycles. The Morgan fingerprint density at radius 3 is 2.52 bits per heavy atom. The molecule has 3 nitrogen and oxygen atoms in total. The number of aryl methyl sites for hydroxylation is 1. The molecule has 142 valence electrons. The van der Waals surface area contributed by atoms with E-state index in [1.807, 2.05) is 6.07 Å². The van der Waals surface area contributed by atoms with E-state index in [2.05, 4.69) is 72.3 Å². The molecule has 1 N–H and O–H groups in total. The molecule has 0 unspecified atom stereocenters. The fourth-order valence-electron chi connectivity index (χ4n) is 3.92. The van der Waals surface area contributed by atoms with Gasteiger partial charge in [0.05, 0.1) is 5.92 Å². The van der Waals surface area contributed by atoms with Gasteiger partial charge in [-0.1, -0.05) is 67.6 Å². The lowest BCUT2D eigenvalue weighted by atomic mass is 9.87. The zero-order valence-corrected chi connectivity index (χ0v) is 16.2. The van der Waals surface area contributed by atoms with Crippen LogP contribution in [0.25, 0.3) is 0 Å². The topological polar surface area (TPSA) is 32.3 Å². The van der Waals surface area contributed by atoms with E-state index in [1.165, 1.54) is 16.7 Å². The molecule has 3 heteroatoms. The SMILES string of the molecule is C=CCNC(=O)[C@@H]1CC[C@H](c2ccc(CC)cc2)N(Cc2ccccc2)C1. The molecule has 0 aromatic heterocycles. The number of carbonyl (C=O) groups excluding carboxylic acids is 1. The highest BCUT2D eigenvalue weighted by Gasteiger charge is 2.32. The molecule has 1 saturated heterocycles. The lowest BCUT2D eigenvalue weighted by Crippen LogP contribution is -2.44. The number of nitrogens with zero attached hydrogens (tertiary/aromatic N) is 1. The summed E-state index contributed by atoms with van der Waals surface area (Å²) in [5, 5.41) is 2.97. The Labute approximate surface area is 163 Å². The van der Waals surface area contributed by atoms with Crippen molar-refractivity contribution in [2.24, 2.45) is 5.92 Å². The third kappa shape index (κ3) is 5.08. The van der Waals surface area contributed by atoms with E-state index in [9.17, 15) is 4.79 Å². The van der Waals surface area contributed by atoms with Crippen LogP contribution in [0.15, 0.2) is 67.3 Å². The molecule has 0 bridgehead atoms. The van der Waals surface area contributed by atoms with Crippen LogP contribution in [0.4, 0.5) is 0 Å². The largest absolute Gasteiger partial charge is 0.352 e. The fraction of sp³-hybridized carbons (Fsp3) is 0.375. The summed E-state index contributed by atoms with van der Waals surface area (Å²) < 4.78 is 0. The van der Waals surface area contributed by atoms with E-state index in [1.54, 1.807) is 6.08 Å². The highest BCUT2D eigenvalue weighted by atomic mass is 16.1. The Kier molecular flexibility index (Phi) is 6.83. The van der Waals surface area contributed by atoms with Crippen LogP contribution < -0.4 is 5.32 Å². The van der Waals surface area contributed by atoms with Crippen molar-refractivity contribution < 1.29 is 4.79 Å². The molecule has 0 aliphatic carbocycles. The number of piperidine rings is 1. The van der Waals surface area contributed by atoms with Crippen molar-refractivity contribution in [3.05, 3.63) is 83.9 Å². The van der Waals surface area contributed by atoms with E-state index in [4.69, 9.17) is 0 Å². The summed E-state index contributed by atoms with van der Waals surface area (Å²) in [5.41, 5.74) is 4.01. The van der Waals surface area contributed by atoms with Crippen LogP contribution in [0.3, 0.4) is 0 Å². The smallest absolute Gasteiger partial charge is 0.224 e. The maximum Gasteiger partial charge on any atom is 0.224 e. The van der Waals surface area contributed by atoms with Crippen LogP contribution >= 0.6 is 0 Å². The van der Waals surface area contributed by atoms with Gasteiger partial charge in [0, 0.05) is 25.7 Å². The average Bonchev–Trinajstić information content (AvgIpc) is 2.73. The minimum atomic E-state index is 0.0415. The summed E-state index contributed by atoms with van der Waals surface area (Å²) in [5.74, 6) is 0.188. The molecule has 27 heavy (non-hydrogen) atoms. The van der Waals surface area contributed by atoms with Gasteiger partial charge in [0.1, 0.15) is 0 Å². The van der Waals surface area contributed by atoms with E-state index in [0.717, 1.165) is 32.4 Å². The maximum atomic E-state index is 12.5. The quantitative estimate of drug-likeness (QED) is 0.735. The number of rotatable bonds is 7. The summed E-state index contributed by atoms with van der Waals surface area (Å²) in [6.45, 7) is 8.07. The molecule has 1 fully saturated rings. The molecule has 1 heterocycles. The zero-order chi connectivity index (χ0) is 19.1. The van der Waals surface area contributed by atoms with Crippen molar-refractivity contribution in [1.29, 1.82) is 0 Å². The Balaban J connectivity index is 1.78. The average molecular weight is 363 g/mol. The molecular formula is C24H30N2O. The summed E-state index contributed by atoms with van der Waals surface area (Å²) in [6.07, 6.45) is 4.73. The third-order valence-electron chi connectivity index (χ3n) is 5.48. The Morgan fingerprint density at radius 2 is 1.85 bits per heavy atom. The van der Waals surface area contributed by atoms with E-state index >= 15 is 0 Å². The van der Waals surface area contributed by atoms with Crippen LogP contribution in [0.1, 0.15) is 42.5 Å². The summed E-state index contributed by atoms with van der Waals surface area (Å²) >= 11 is 0.